The SMILES string of the molecule is O=C(O)c1ccon1.c1ccc(-c2ccccc2)cc1. The van der Waals surface area contributed by atoms with Gasteiger partial charge in [0, 0.05) is 6.07 Å². The van der Waals surface area contributed by atoms with Crippen LogP contribution in [0.15, 0.2) is 77.5 Å². The normalized spacial score (nSPS) is 9.40. The fraction of sp³-hybridized carbons (Fsp3) is 0. The Hall–Kier alpha value is -2.88. The Morgan fingerprint density at radius 3 is 1.65 bits per heavy atom. The van der Waals surface area contributed by atoms with Gasteiger partial charge in [0.15, 0.2) is 5.69 Å². The standard InChI is InChI=1S/C12H10.C4H3NO3/c1-3-7-11(8-4-1)12-9-5-2-6-10-12;6-4(7)3-1-2-8-5-3/h1-10H;1-2H,(H,6,7). The van der Waals surface area contributed by atoms with E-state index < -0.39 is 5.97 Å². The highest BCUT2D eigenvalue weighted by Crippen LogP contribution is 2.17. The van der Waals surface area contributed by atoms with Crippen molar-refractivity contribution >= 4 is 5.97 Å². The zero-order valence-electron chi connectivity index (χ0n) is 10.6. The van der Waals surface area contributed by atoms with Crippen molar-refractivity contribution in [2.75, 3.05) is 0 Å². The maximum atomic E-state index is 9.94. The van der Waals surface area contributed by atoms with Crippen LogP contribution in [0.25, 0.3) is 11.1 Å². The third kappa shape index (κ3) is 3.81. The molecule has 0 radical (unpaired) electrons. The van der Waals surface area contributed by atoms with Crippen molar-refractivity contribution in [2.24, 2.45) is 0 Å². The summed E-state index contributed by atoms with van der Waals surface area (Å²) in [5.74, 6) is -1.07. The predicted octanol–water partition coefficient (Wildman–Crippen LogP) is 3.73. The van der Waals surface area contributed by atoms with E-state index in [0.29, 0.717) is 0 Å². The van der Waals surface area contributed by atoms with Crippen molar-refractivity contribution in [1.82, 2.24) is 5.16 Å². The molecule has 0 aliphatic heterocycles. The molecule has 1 aromatic heterocycles. The van der Waals surface area contributed by atoms with E-state index in [1.807, 2.05) is 12.1 Å². The molecule has 2 aromatic carbocycles. The van der Waals surface area contributed by atoms with E-state index >= 15 is 0 Å². The maximum Gasteiger partial charge on any atom is 0.358 e. The van der Waals surface area contributed by atoms with Crippen molar-refractivity contribution in [3.63, 3.8) is 0 Å². The van der Waals surface area contributed by atoms with E-state index in [0.717, 1.165) is 0 Å². The number of carboxylic acid groups (broad SMARTS) is 1. The number of hydrogen-bond acceptors (Lipinski definition) is 3. The van der Waals surface area contributed by atoms with Crippen LogP contribution in [0.5, 0.6) is 0 Å². The Morgan fingerprint density at radius 1 is 0.850 bits per heavy atom. The van der Waals surface area contributed by atoms with Gasteiger partial charge in [0.2, 0.25) is 0 Å². The van der Waals surface area contributed by atoms with E-state index in [9.17, 15) is 4.79 Å². The number of carboxylic acids is 1. The fourth-order valence-electron chi connectivity index (χ4n) is 1.58. The Bertz CT molecular complexity index is 597. The quantitative estimate of drug-likeness (QED) is 0.768. The van der Waals surface area contributed by atoms with E-state index in [-0.39, 0.29) is 5.69 Å². The minimum atomic E-state index is -1.07. The first kappa shape index (κ1) is 13.5. The molecule has 0 atom stereocenters. The fourth-order valence-corrected chi connectivity index (χ4v) is 1.58. The summed E-state index contributed by atoms with van der Waals surface area (Å²) in [6.45, 7) is 0. The van der Waals surface area contributed by atoms with Crippen LogP contribution < -0.4 is 0 Å². The molecule has 0 saturated heterocycles. The lowest BCUT2D eigenvalue weighted by Gasteiger charge is -1.98. The van der Waals surface area contributed by atoms with Gasteiger partial charge >= 0.3 is 5.97 Å². The van der Waals surface area contributed by atoms with Crippen molar-refractivity contribution in [1.29, 1.82) is 0 Å². The van der Waals surface area contributed by atoms with Crippen LogP contribution in [-0.2, 0) is 0 Å². The molecule has 0 aliphatic carbocycles. The van der Waals surface area contributed by atoms with Gasteiger partial charge in [0.05, 0.1) is 0 Å². The van der Waals surface area contributed by atoms with Gasteiger partial charge in [0.25, 0.3) is 0 Å². The lowest BCUT2D eigenvalue weighted by molar-refractivity contribution is 0.0685. The van der Waals surface area contributed by atoms with Crippen molar-refractivity contribution in [3.05, 3.63) is 78.7 Å². The zero-order chi connectivity index (χ0) is 14.2. The lowest BCUT2D eigenvalue weighted by Crippen LogP contribution is -1.94. The molecule has 0 fully saturated rings. The monoisotopic (exact) mass is 267 g/mol. The summed E-state index contributed by atoms with van der Waals surface area (Å²) in [5.41, 5.74) is 2.49. The van der Waals surface area contributed by atoms with Crippen molar-refractivity contribution in [2.45, 2.75) is 0 Å². The molecule has 1 N–H and O–H groups in total. The van der Waals surface area contributed by atoms with E-state index in [2.05, 4.69) is 58.2 Å². The van der Waals surface area contributed by atoms with E-state index in [4.69, 9.17) is 5.11 Å². The summed E-state index contributed by atoms with van der Waals surface area (Å²) in [6, 6.07) is 22.1. The zero-order valence-corrected chi connectivity index (χ0v) is 10.6. The third-order valence-corrected chi connectivity index (χ3v) is 2.54. The minimum Gasteiger partial charge on any atom is -0.476 e. The van der Waals surface area contributed by atoms with Crippen LogP contribution in [0.3, 0.4) is 0 Å². The van der Waals surface area contributed by atoms with Crippen LogP contribution in [-0.4, -0.2) is 16.2 Å². The van der Waals surface area contributed by atoms with Gasteiger partial charge in [0.1, 0.15) is 6.26 Å². The summed E-state index contributed by atoms with van der Waals surface area (Å²) in [5, 5.41) is 11.3. The molecule has 100 valence electrons. The first-order valence-electron chi connectivity index (χ1n) is 6.01. The Balaban J connectivity index is 0.000000160. The second-order valence-electron chi connectivity index (χ2n) is 3.92. The minimum absolute atomic E-state index is 0.0648. The molecule has 4 nitrogen and oxygen atoms in total. The van der Waals surface area contributed by atoms with Gasteiger partial charge in [-0.1, -0.05) is 65.8 Å². The highest BCUT2D eigenvalue weighted by molar-refractivity contribution is 5.84. The highest BCUT2D eigenvalue weighted by Gasteiger charge is 2.02. The molecule has 0 aliphatic rings. The molecule has 0 bridgehead atoms. The molecular formula is C16H13NO3. The first-order valence-corrected chi connectivity index (χ1v) is 6.01. The van der Waals surface area contributed by atoms with E-state index in [1.165, 1.54) is 23.5 Å². The molecule has 3 aromatic rings. The van der Waals surface area contributed by atoms with Gasteiger partial charge < -0.3 is 9.63 Å². The average Bonchev–Trinajstić information content (AvgIpc) is 3.04. The second kappa shape index (κ2) is 6.89. The summed E-state index contributed by atoms with van der Waals surface area (Å²) in [7, 11) is 0. The van der Waals surface area contributed by atoms with Crippen LogP contribution >= 0.6 is 0 Å². The molecule has 20 heavy (non-hydrogen) atoms. The molecule has 0 saturated carbocycles. The molecule has 0 amide bonds. The summed E-state index contributed by atoms with van der Waals surface area (Å²) >= 11 is 0. The molecule has 3 rings (SSSR count). The molecule has 0 spiro atoms. The van der Waals surface area contributed by atoms with Crippen molar-refractivity contribution in [3.8, 4) is 11.1 Å². The smallest absolute Gasteiger partial charge is 0.358 e. The number of rotatable bonds is 2. The number of benzene rings is 2. The topological polar surface area (TPSA) is 63.3 Å². The molecular weight excluding hydrogens is 254 g/mol. The van der Waals surface area contributed by atoms with Crippen LogP contribution in [0.2, 0.25) is 0 Å². The largest absolute Gasteiger partial charge is 0.476 e. The first-order chi connectivity index (χ1) is 9.77. The second-order valence-corrected chi connectivity index (χ2v) is 3.92. The Kier molecular flexibility index (Phi) is 4.67. The summed E-state index contributed by atoms with van der Waals surface area (Å²) in [6.07, 6.45) is 1.21. The third-order valence-electron chi connectivity index (χ3n) is 2.54. The van der Waals surface area contributed by atoms with Gasteiger partial charge in [-0.15, -0.1) is 0 Å². The van der Waals surface area contributed by atoms with Crippen LogP contribution in [0.4, 0.5) is 0 Å². The molecule has 0 unspecified atom stereocenters. The number of hydrogen-bond donors (Lipinski definition) is 1. The number of nitrogens with zero attached hydrogens (tertiary/aromatic N) is 1. The van der Waals surface area contributed by atoms with Gasteiger partial charge in [-0.3, -0.25) is 0 Å². The van der Waals surface area contributed by atoms with Gasteiger partial charge in [-0.25, -0.2) is 4.79 Å². The number of aromatic nitrogens is 1. The van der Waals surface area contributed by atoms with Gasteiger partial charge in [-0.05, 0) is 11.1 Å². The van der Waals surface area contributed by atoms with Crippen molar-refractivity contribution < 1.29 is 14.4 Å². The Morgan fingerprint density at radius 2 is 1.35 bits per heavy atom. The summed E-state index contributed by atoms with van der Waals surface area (Å²) < 4.78 is 4.24. The maximum absolute atomic E-state index is 9.94. The van der Waals surface area contributed by atoms with Gasteiger partial charge in [-0.2, -0.15) is 0 Å². The number of carbonyl (C=O) groups is 1. The summed E-state index contributed by atoms with van der Waals surface area (Å²) in [4.78, 5) is 9.94. The van der Waals surface area contributed by atoms with E-state index in [1.54, 1.807) is 0 Å². The molecule has 4 heteroatoms. The molecule has 1 heterocycles. The van der Waals surface area contributed by atoms with Crippen LogP contribution in [0.1, 0.15) is 10.5 Å². The lowest BCUT2D eigenvalue weighted by atomic mass is 10.1. The average molecular weight is 267 g/mol. The highest BCUT2D eigenvalue weighted by atomic mass is 16.5. The predicted molar refractivity (Wildman–Crippen MR) is 75.3 cm³/mol. The Labute approximate surface area is 116 Å². The van der Waals surface area contributed by atoms with Crippen LogP contribution in [0, 0.1) is 0 Å². The number of aromatic carboxylic acids is 1.